The third-order valence-corrected chi connectivity index (χ3v) is 6.79. The Labute approximate surface area is 168 Å². The van der Waals surface area contributed by atoms with E-state index in [1.54, 1.807) is 27.8 Å². The summed E-state index contributed by atoms with van der Waals surface area (Å²) in [7, 11) is 1.92. The standard InChI is InChI=1S/C19H15N7S2/c1-25-10-14(9-21-25)13-6-12-7-15(4-5-16(12)20-8-13)27-18-22-23-19-26(18)24-17(28-19)11-2-3-11/h4-11H,2-3H2,1H3. The molecule has 0 aliphatic heterocycles. The summed E-state index contributed by atoms with van der Waals surface area (Å²) in [4.78, 5) is 6.55. The van der Waals surface area contributed by atoms with Crippen LogP contribution in [-0.2, 0) is 7.05 Å². The van der Waals surface area contributed by atoms with E-state index in [0.29, 0.717) is 5.92 Å². The van der Waals surface area contributed by atoms with Crippen LogP contribution in [0.15, 0.2) is 52.9 Å². The molecule has 7 nitrogen and oxygen atoms in total. The van der Waals surface area contributed by atoms with Gasteiger partial charge in [-0.1, -0.05) is 11.3 Å². The molecule has 1 saturated carbocycles. The Kier molecular flexibility index (Phi) is 3.54. The lowest BCUT2D eigenvalue weighted by Crippen LogP contribution is -1.90. The molecule has 28 heavy (non-hydrogen) atoms. The molecule has 0 saturated heterocycles. The normalized spacial score (nSPS) is 14.3. The van der Waals surface area contributed by atoms with Gasteiger partial charge in [0.25, 0.3) is 0 Å². The molecule has 1 fully saturated rings. The van der Waals surface area contributed by atoms with Crippen LogP contribution in [-0.4, -0.2) is 34.6 Å². The van der Waals surface area contributed by atoms with Crippen molar-refractivity contribution in [2.75, 3.05) is 0 Å². The third kappa shape index (κ3) is 2.78. The Balaban J connectivity index is 1.36. The Morgan fingerprint density at radius 2 is 2.04 bits per heavy atom. The van der Waals surface area contributed by atoms with Crippen LogP contribution in [0.3, 0.4) is 0 Å². The molecule has 138 valence electrons. The number of benzene rings is 1. The number of hydrogen-bond donors (Lipinski definition) is 0. The van der Waals surface area contributed by atoms with E-state index in [4.69, 9.17) is 5.10 Å². The largest absolute Gasteiger partial charge is 0.275 e. The van der Waals surface area contributed by atoms with Gasteiger partial charge in [0.2, 0.25) is 10.1 Å². The van der Waals surface area contributed by atoms with Gasteiger partial charge in [0.1, 0.15) is 5.01 Å². The number of aryl methyl sites for hydroxylation is 1. The van der Waals surface area contributed by atoms with Gasteiger partial charge in [-0.3, -0.25) is 9.67 Å². The lowest BCUT2D eigenvalue weighted by Gasteiger charge is -2.04. The van der Waals surface area contributed by atoms with Gasteiger partial charge in [-0.05, 0) is 48.9 Å². The molecule has 0 spiro atoms. The molecule has 1 aromatic carbocycles. The Morgan fingerprint density at radius 1 is 1.11 bits per heavy atom. The lowest BCUT2D eigenvalue weighted by molar-refractivity contribution is 0.768. The van der Waals surface area contributed by atoms with E-state index < -0.39 is 0 Å². The van der Waals surface area contributed by atoms with Crippen LogP contribution in [0, 0.1) is 0 Å². The van der Waals surface area contributed by atoms with Crippen LogP contribution < -0.4 is 0 Å². The van der Waals surface area contributed by atoms with Gasteiger partial charge in [-0.2, -0.15) is 14.7 Å². The van der Waals surface area contributed by atoms with Crippen molar-refractivity contribution in [3.05, 3.63) is 47.9 Å². The van der Waals surface area contributed by atoms with Crippen molar-refractivity contribution in [3.63, 3.8) is 0 Å². The Bertz CT molecular complexity index is 1330. The van der Waals surface area contributed by atoms with Crippen molar-refractivity contribution in [3.8, 4) is 11.1 Å². The van der Waals surface area contributed by atoms with Gasteiger partial charge in [0, 0.05) is 46.8 Å². The van der Waals surface area contributed by atoms with Gasteiger partial charge in [0.05, 0.1) is 11.7 Å². The number of nitrogens with zero attached hydrogens (tertiary/aromatic N) is 7. The second-order valence-electron chi connectivity index (χ2n) is 6.97. The van der Waals surface area contributed by atoms with Crippen LogP contribution in [0.1, 0.15) is 23.8 Å². The van der Waals surface area contributed by atoms with E-state index in [1.165, 1.54) is 17.8 Å². The van der Waals surface area contributed by atoms with E-state index in [9.17, 15) is 0 Å². The fourth-order valence-electron chi connectivity index (χ4n) is 3.18. The summed E-state index contributed by atoms with van der Waals surface area (Å²) in [5, 5.41) is 20.6. The average Bonchev–Trinajstić information content (AvgIpc) is 3.15. The molecule has 0 atom stereocenters. The molecule has 6 rings (SSSR count). The first-order valence-corrected chi connectivity index (χ1v) is 10.6. The van der Waals surface area contributed by atoms with Crippen LogP contribution in [0.5, 0.6) is 0 Å². The van der Waals surface area contributed by atoms with Gasteiger partial charge in [-0.15, -0.1) is 10.2 Å². The highest BCUT2D eigenvalue weighted by Gasteiger charge is 2.28. The van der Waals surface area contributed by atoms with Crippen molar-refractivity contribution in [2.45, 2.75) is 28.8 Å². The first-order valence-electron chi connectivity index (χ1n) is 9.02. The molecule has 1 aliphatic carbocycles. The SMILES string of the molecule is Cn1cc(-c2cnc3ccc(Sc4nnc5sc(C6CC6)nn45)cc3c2)cn1. The van der Waals surface area contributed by atoms with Crippen LogP contribution in [0.4, 0.5) is 0 Å². The van der Waals surface area contributed by atoms with Gasteiger partial charge < -0.3 is 0 Å². The van der Waals surface area contributed by atoms with Crippen molar-refractivity contribution >= 4 is 39.0 Å². The maximum absolute atomic E-state index is 4.72. The maximum atomic E-state index is 4.72. The molecule has 4 aromatic heterocycles. The van der Waals surface area contributed by atoms with Crippen LogP contribution >= 0.6 is 23.1 Å². The van der Waals surface area contributed by atoms with E-state index in [1.807, 2.05) is 36.2 Å². The molecule has 4 heterocycles. The maximum Gasteiger partial charge on any atom is 0.235 e. The van der Waals surface area contributed by atoms with E-state index in [-0.39, 0.29) is 0 Å². The first-order chi connectivity index (χ1) is 13.7. The summed E-state index contributed by atoms with van der Waals surface area (Å²) in [6.07, 6.45) is 8.22. The number of rotatable bonds is 4. The fraction of sp³-hybridized carbons (Fsp3) is 0.211. The molecule has 5 aromatic rings. The highest BCUT2D eigenvalue weighted by molar-refractivity contribution is 7.99. The topological polar surface area (TPSA) is 73.8 Å². The smallest absolute Gasteiger partial charge is 0.235 e. The van der Waals surface area contributed by atoms with Crippen LogP contribution in [0.25, 0.3) is 27.0 Å². The minimum absolute atomic E-state index is 0.627. The predicted octanol–water partition coefficient (Wildman–Crippen LogP) is 4.16. The lowest BCUT2D eigenvalue weighted by atomic mass is 10.1. The molecule has 9 heteroatoms. The quantitative estimate of drug-likeness (QED) is 0.447. The molecule has 0 N–H and O–H groups in total. The monoisotopic (exact) mass is 405 g/mol. The first kappa shape index (κ1) is 16.2. The van der Waals surface area contributed by atoms with E-state index in [0.717, 1.165) is 37.0 Å². The zero-order valence-corrected chi connectivity index (χ0v) is 16.6. The number of aromatic nitrogens is 7. The zero-order valence-electron chi connectivity index (χ0n) is 15.0. The molecule has 0 amide bonds. The summed E-state index contributed by atoms with van der Waals surface area (Å²) in [6.45, 7) is 0. The van der Waals surface area contributed by atoms with Crippen molar-refractivity contribution in [1.82, 2.24) is 34.6 Å². The van der Waals surface area contributed by atoms with Gasteiger partial charge in [0.15, 0.2) is 0 Å². The van der Waals surface area contributed by atoms with Crippen LogP contribution in [0.2, 0.25) is 0 Å². The van der Waals surface area contributed by atoms with Crippen molar-refractivity contribution in [2.24, 2.45) is 7.05 Å². The Morgan fingerprint density at radius 3 is 2.86 bits per heavy atom. The molecule has 1 aliphatic rings. The highest BCUT2D eigenvalue weighted by Crippen LogP contribution is 2.42. The van der Waals surface area contributed by atoms with Crippen molar-refractivity contribution < 1.29 is 0 Å². The summed E-state index contributed by atoms with van der Waals surface area (Å²) < 4.78 is 3.67. The molecule has 0 bridgehead atoms. The van der Waals surface area contributed by atoms with Gasteiger partial charge in [-0.25, -0.2) is 0 Å². The molecule has 0 radical (unpaired) electrons. The molecular formula is C19H15N7S2. The summed E-state index contributed by atoms with van der Waals surface area (Å²) in [5.74, 6) is 0.627. The second kappa shape index (κ2) is 6.11. The summed E-state index contributed by atoms with van der Waals surface area (Å²) >= 11 is 3.23. The Hall–Kier alpha value is -2.78. The van der Waals surface area contributed by atoms with E-state index >= 15 is 0 Å². The second-order valence-corrected chi connectivity index (χ2v) is 9.00. The number of pyridine rings is 1. The predicted molar refractivity (Wildman–Crippen MR) is 109 cm³/mol. The minimum atomic E-state index is 0.627. The zero-order chi connectivity index (χ0) is 18.7. The minimum Gasteiger partial charge on any atom is -0.275 e. The summed E-state index contributed by atoms with van der Waals surface area (Å²) in [5.41, 5.74) is 3.08. The summed E-state index contributed by atoms with van der Waals surface area (Å²) in [6, 6.07) is 8.40. The molecular weight excluding hydrogens is 390 g/mol. The highest BCUT2D eigenvalue weighted by atomic mass is 32.2. The number of fused-ring (bicyclic) bond motifs is 2. The average molecular weight is 406 g/mol. The molecule has 0 unspecified atom stereocenters. The fourth-order valence-corrected chi connectivity index (χ4v) is 5.07. The van der Waals surface area contributed by atoms with Gasteiger partial charge >= 0.3 is 0 Å². The third-order valence-electron chi connectivity index (χ3n) is 4.80. The number of hydrogen-bond acceptors (Lipinski definition) is 7. The van der Waals surface area contributed by atoms with Crippen molar-refractivity contribution in [1.29, 1.82) is 0 Å². The van der Waals surface area contributed by atoms with E-state index in [2.05, 4.69) is 38.5 Å².